The maximum Gasteiger partial charge on any atom is 0.408 e. The number of carbonyl (C=O) groups excluding carboxylic acids is 2. The number of carboxylic acid groups (broad SMARTS) is 1. The number of nitrogens with one attached hydrogen (secondary N) is 2. The second-order valence-electron chi connectivity index (χ2n) is 10.6. The minimum absolute atomic E-state index is 0.108. The Morgan fingerprint density at radius 2 is 1.51 bits per heavy atom. The first kappa shape index (κ1) is 28.3. The van der Waals surface area contributed by atoms with Crippen LogP contribution in [0, 0.1) is 0 Å². The lowest BCUT2D eigenvalue weighted by Crippen LogP contribution is -2.64. The summed E-state index contributed by atoms with van der Waals surface area (Å²) in [4.78, 5) is 40.4. The number of benzene rings is 3. The van der Waals surface area contributed by atoms with Crippen LogP contribution in [0.5, 0.6) is 0 Å². The molecule has 1 aliphatic heterocycles. The van der Waals surface area contributed by atoms with Crippen LogP contribution in [0.25, 0.3) is 11.1 Å². The Morgan fingerprint density at radius 1 is 0.927 bits per heavy atom. The van der Waals surface area contributed by atoms with Gasteiger partial charge in [-0.3, -0.25) is 9.69 Å². The van der Waals surface area contributed by atoms with Crippen LogP contribution < -0.4 is 10.6 Å². The van der Waals surface area contributed by atoms with Gasteiger partial charge in [-0.15, -0.1) is 0 Å². The molecular weight excluding hydrogens is 522 g/mol. The number of alkyl carbamates (subject to hydrolysis) is 1. The molecule has 1 heterocycles. The number of piperidine rings is 1. The molecular formula is C32H35N3O6. The number of likely N-dealkylation sites (tertiary alicyclic amines) is 1. The zero-order chi connectivity index (χ0) is 28.8. The van der Waals surface area contributed by atoms with E-state index in [0.717, 1.165) is 28.8 Å². The number of carboxylic acids is 1. The van der Waals surface area contributed by atoms with E-state index in [1.165, 1.54) is 12.7 Å². The zero-order valence-electron chi connectivity index (χ0n) is 23.0. The van der Waals surface area contributed by atoms with Crippen LogP contribution in [0.1, 0.15) is 35.4 Å². The number of hydrogen-bond acceptors (Lipinski definition) is 6. The van der Waals surface area contributed by atoms with Crippen LogP contribution in [-0.4, -0.2) is 73.0 Å². The fraction of sp³-hybridized carbons (Fsp3) is 0.344. The summed E-state index contributed by atoms with van der Waals surface area (Å²) in [6.07, 6.45) is -1.18. The minimum atomic E-state index is -1.24. The van der Waals surface area contributed by atoms with Crippen LogP contribution in [0.3, 0.4) is 0 Å². The van der Waals surface area contributed by atoms with Gasteiger partial charge in [0.15, 0.2) is 6.10 Å². The first-order chi connectivity index (χ1) is 19.9. The number of amides is 2. The predicted octanol–water partition coefficient (Wildman–Crippen LogP) is 3.78. The zero-order valence-corrected chi connectivity index (χ0v) is 23.0. The van der Waals surface area contributed by atoms with E-state index in [4.69, 9.17) is 9.47 Å². The van der Waals surface area contributed by atoms with E-state index < -0.39 is 29.6 Å². The van der Waals surface area contributed by atoms with E-state index in [-0.39, 0.29) is 19.1 Å². The second kappa shape index (κ2) is 12.5. The van der Waals surface area contributed by atoms with Crippen molar-refractivity contribution in [3.8, 4) is 11.1 Å². The fourth-order valence-electron chi connectivity index (χ4n) is 5.80. The Balaban J connectivity index is 1.27. The molecule has 1 saturated heterocycles. The van der Waals surface area contributed by atoms with Crippen molar-refractivity contribution in [3.05, 3.63) is 95.6 Å². The number of aliphatic carboxylic acids is 1. The molecule has 3 N–H and O–H groups in total. The van der Waals surface area contributed by atoms with E-state index in [1.807, 2.05) is 54.6 Å². The Morgan fingerprint density at radius 3 is 2.10 bits per heavy atom. The summed E-state index contributed by atoms with van der Waals surface area (Å²) in [6, 6.07) is 26.2. The van der Waals surface area contributed by atoms with Crippen molar-refractivity contribution in [1.29, 1.82) is 0 Å². The lowest BCUT2D eigenvalue weighted by atomic mass is 9.86. The average molecular weight is 558 g/mol. The summed E-state index contributed by atoms with van der Waals surface area (Å²) in [6.45, 7) is 1.78. The monoisotopic (exact) mass is 557 g/mol. The molecule has 41 heavy (non-hydrogen) atoms. The van der Waals surface area contributed by atoms with E-state index in [9.17, 15) is 19.5 Å². The molecule has 1 unspecified atom stereocenters. The molecule has 1 atom stereocenters. The summed E-state index contributed by atoms with van der Waals surface area (Å²) in [7, 11) is 1.28. The Bertz CT molecular complexity index is 1340. The third-order valence-electron chi connectivity index (χ3n) is 8.09. The maximum atomic E-state index is 13.5. The average Bonchev–Trinajstić information content (AvgIpc) is 3.31. The van der Waals surface area contributed by atoms with Crippen LogP contribution in [0.2, 0.25) is 0 Å². The summed E-state index contributed by atoms with van der Waals surface area (Å²) < 4.78 is 10.7. The molecule has 0 saturated carbocycles. The van der Waals surface area contributed by atoms with Gasteiger partial charge in [0.05, 0.1) is 6.54 Å². The highest BCUT2D eigenvalue weighted by Gasteiger charge is 2.43. The summed E-state index contributed by atoms with van der Waals surface area (Å²) >= 11 is 0. The topological polar surface area (TPSA) is 117 Å². The van der Waals surface area contributed by atoms with E-state index in [0.29, 0.717) is 25.9 Å². The standard InChI is InChI=1S/C32H35N3O6/c1-40-28(29(36)37)19-33-30(38)32(15-17-35(18-16-32)20-22-9-3-2-4-10-22)34-31(39)41-21-27-25-13-7-5-11-23(25)24-12-6-8-14-26(24)27/h2-14,27-28H,15-21H2,1H3,(H,33,38)(H,34,39)(H,36,37). The van der Waals surface area contributed by atoms with Crippen molar-refractivity contribution in [2.75, 3.05) is 33.4 Å². The SMILES string of the molecule is COC(CNC(=O)C1(NC(=O)OCC2c3ccccc3-c3ccccc32)CCN(Cc2ccccc2)CC1)C(=O)O. The van der Waals surface area contributed by atoms with Gasteiger partial charge in [-0.1, -0.05) is 78.9 Å². The summed E-state index contributed by atoms with van der Waals surface area (Å²) in [5.74, 6) is -1.73. The predicted molar refractivity (Wildman–Crippen MR) is 153 cm³/mol. The highest BCUT2D eigenvalue weighted by molar-refractivity contribution is 5.90. The summed E-state index contributed by atoms with van der Waals surface area (Å²) in [5.41, 5.74) is 4.38. The first-order valence-electron chi connectivity index (χ1n) is 13.8. The fourth-order valence-corrected chi connectivity index (χ4v) is 5.80. The van der Waals surface area contributed by atoms with Gasteiger partial charge in [0.25, 0.3) is 0 Å². The number of methoxy groups -OCH3 is 1. The number of rotatable bonds is 10. The Labute approximate surface area is 239 Å². The smallest absolute Gasteiger partial charge is 0.408 e. The molecule has 0 bridgehead atoms. The van der Waals surface area contributed by atoms with Gasteiger partial charge in [0, 0.05) is 32.7 Å². The van der Waals surface area contributed by atoms with Crippen molar-refractivity contribution in [2.45, 2.75) is 36.9 Å². The molecule has 1 fully saturated rings. The van der Waals surface area contributed by atoms with Gasteiger partial charge in [0.1, 0.15) is 12.1 Å². The van der Waals surface area contributed by atoms with E-state index in [1.54, 1.807) is 0 Å². The highest BCUT2D eigenvalue weighted by Crippen LogP contribution is 2.44. The van der Waals surface area contributed by atoms with Gasteiger partial charge in [-0.05, 0) is 40.7 Å². The molecule has 9 heteroatoms. The normalized spacial score (nSPS) is 16.7. The van der Waals surface area contributed by atoms with Crippen molar-refractivity contribution in [2.24, 2.45) is 0 Å². The van der Waals surface area contributed by atoms with Crippen molar-refractivity contribution < 1.29 is 29.0 Å². The lowest BCUT2D eigenvalue weighted by Gasteiger charge is -2.41. The molecule has 5 rings (SSSR count). The summed E-state index contributed by atoms with van der Waals surface area (Å²) in [5, 5.41) is 14.9. The highest BCUT2D eigenvalue weighted by atomic mass is 16.5. The Hall–Kier alpha value is -4.21. The molecule has 3 aromatic carbocycles. The quantitative estimate of drug-likeness (QED) is 0.347. The van der Waals surface area contributed by atoms with Crippen molar-refractivity contribution in [3.63, 3.8) is 0 Å². The van der Waals surface area contributed by atoms with Crippen LogP contribution in [0.15, 0.2) is 78.9 Å². The molecule has 0 aromatic heterocycles. The molecule has 214 valence electrons. The lowest BCUT2D eigenvalue weighted by molar-refractivity contribution is -0.148. The first-order valence-corrected chi connectivity index (χ1v) is 13.8. The third-order valence-corrected chi connectivity index (χ3v) is 8.09. The molecule has 3 aromatic rings. The number of nitrogens with zero attached hydrogens (tertiary/aromatic N) is 1. The van der Waals surface area contributed by atoms with Crippen molar-refractivity contribution >= 4 is 18.0 Å². The second-order valence-corrected chi connectivity index (χ2v) is 10.6. The number of carbonyl (C=O) groups is 3. The largest absolute Gasteiger partial charge is 0.479 e. The number of hydrogen-bond donors (Lipinski definition) is 3. The van der Waals surface area contributed by atoms with Gasteiger partial charge < -0.3 is 25.2 Å². The molecule has 2 aliphatic rings. The van der Waals surface area contributed by atoms with E-state index >= 15 is 0 Å². The van der Waals surface area contributed by atoms with Crippen LogP contribution in [0.4, 0.5) is 4.79 Å². The van der Waals surface area contributed by atoms with Gasteiger partial charge in [-0.25, -0.2) is 9.59 Å². The third kappa shape index (κ3) is 6.26. The van der Waals surface area contributed by atoms with E-state index in [2.05, 4.69) is 39.8 Å². The van der Waals surface area contributed by atoms with Crippen LogP contribution >= 0.6 is 0 Å². The minimum Gasteiger partial charge on any atom is -0.479 e. The number of fused-ring (bicyclic) bond motifs is 3. The number of ether oxygens (including phenoxy) is 2. The van der Waals surface area contributed by atoms with Gasteiger partial charge in [0.2, 0.25) is 5.91 Å². The van der Waals surface area contributed by atoms with Gasteiger partial charge >= 0.3 is 12.1 Å². The van der Waals surface area contributed by atoms with Gasteiger partial charge in [-0.2, -0.15) is 0 Å². The molecule has 9 nitrogen and oxygen atoms in total. The van der Waals surface area contributed by atoms with Crippen LogP contribution in [-0.2, 0) is 25.6 Å². The molecule has 2 amide bonds. The molecule has 0 spiro atoms. The Kier molecular flexibility index (Phi) is 8.66. The van der Waals surface area contributed by atoms with Crippen molar-refractivity contribution in [1.82, 2.24) is 15.5 Å². The molecule has 1 aliphatic carbocycles. The maximum absolute atomic E-state index is 13.5. The molecule has 0 radical (unpaired) electrons.